The lowest BCUT2D eigenvalue weighted by Crippen LogP contribution is -2.44. The van der Waals surface area contributed by atoms with Crippen molar-refractivity contribution in [1.29, 1.82) is 0 Å². The van der Waals surface area contributed by atoms with Crippen LogP contribution in [-0.2, 0) is 4.12 Å². The van der Waals surface area contributed by atoms with Crippen molar-refractivity contribution in [2.75, 3.05) is 6.54 Å². The quantitative estimate of drug-likeness (QED) is 0.686. The molecule has 0 aliphatic rings. The van der Waals surface area contributed by atoms with E-state index in [1.165, 1.54) is 6.04 Å². The molecule has 0 aliphatic carbocycles. The summed E-state index contributed by atoms with van der Waals surface area (Å²) in [5, 5.41) is 0. The topological polar surface area (TPSA) is 35.2 Å². The van der Waals surface area contributed by atoms with Crippen LogP contribution in [0, 0.1) is 0 Å². The molecule has 0 atom stereocenters. The first-order chi connectivity index (χ1) is 6.01. The third kappa shape index (κ3) is 3.20. The van der Waals surface area contributed by atoms with E-state index in [0.717, 1.165) is 34.5 Å². The molecule has 0 unspecified atom stereocenters. The number of nitrogens with two attached hydrogens (primary N) is 1. The Morgan fingerprint density at radius 1 is 1.23 bits per heavy atom. The summed E-state index contributed by atoms with van der Waals surface area (Å²) < 4.78 is 5.99. The van der Waals surface area contributed by atoms with Crippen LogP contribution in [0.4, 0.5) is 0 Å². The van der Waals surface area contributed by atoms with Crippen LogP contribution in [0.15, 0.2) is 0 Å². The molecule has 2 N–H and O–H groups in total. The fourth-order valence-electron chi connectivity index (χ4n) is 2.20. The van der Waals surface area contributed by atoms with Crippen molar-refractivity contribution < 1.29 is 4.12 Å². The van der Waals surface area contributed by atoms with E-state index in [2.05, 4.69) is 27.7 Å². The van der Waals surface area contributed by atoms with Crippen molar-refractivity contribution in [3.63, 3.8) is 0 Å². The highest BCUT2D eigenvalue weighted by atomic mass is 28.4. The lowest BCUT2D eigenvalue weighted by molar-refractivity contribution is 0.533. The maximum Gasteiger partial charge on any atom is 0.184 e. The zero-order valence-corrected chi connectivity index (χ0v) is 12.8. The minimum Gasteiger partial charge on any atom is -0.463 e. The summed E-state index contributed by atoms with van der Waals surface area (Å²) in [7, 11) is -0.584. The van der Waals surface area contributed by atoms with E-state index < -0.39 is 8.32 Å². The van der Waals surface area contributed by atoms with Gasteiger partial charge in [0.2, 0.25) is 0 Å². The lowest BCUT2D eigenvalue weighted by atomic mass is 10.5. The minimum absolute atomic E-state index is 0.719. The molecule has 0 spiro atoms. The number of hydrogen-bond acceptors (Lipinski definition) is 2. The highest BCUT2D eigenvalue weighted by Gasteiger charge is 2.39. The van der Waals surface area contributed by atoms with E-state index in [0.29, 0.717) is 0 Å². The summed E-state index contributed by atoms with van der Waals surface area (Å²) in [6.07, 6.45) is 1.13. The van der Waals surface area contributed by atoms with E-state index in [4.69, 9.17) is 9.85 Å². The molecule has 0 radical (unpaired) electrons. The van der Waals surface area contributed by atoms with Gasteiger partial charge in [-0.1, -0.05) is 27.7 Å². The Labute approximate surface area is 86.9 Å². The van der Waals surface area contributed by atoms with Gasteiger partial charge in [-0.15, -0.1) is 0 Å². The zero-order chi connectivity index (χ0) is 10.5. The van der Waals surface area contributed by atoms with Gasteiger partial charge in [0, 0.05) is 0 Å². The molecule has 0 saturated heterocycles. The van der Waals surface area contributed by atoms with Crippen LogP contribution in [0.2, 0.25) is 17.1 Å². The summed E-state index contributed by atoms with van der Waals surface area (Å²) >= 11 is 0. The summed E-state index contributed by atoms with van der Waals surface area (Å²) in [6, 6.07) is 1.24. The molecule has 2 nitrogen and oxygen atoms in total. The van der Waals surface area contributed by atoms with Gasteiger partial charge in [-0.3, -0.25) is 0 Å². The zero-order valence-electron chi connectivity index (χ0n) is 9.76. The second kappa shape index (κ2) is 5.95. The number of hydrogen-bond donors (Lipinski definition) is 1. The fraction of sp³-hybridized carbons (Fsp3) is 1.00. The van der Waals surface area contributed by atoms with E-state index in [-0.39, 0.29) is 0 Å². The SMILES string of the molecule is CC(C)[Si](CCCN)(O[SiH3])C(C)C. The molecule has 0 aromatic heterocycles. The van der Waals surface area contributed by atoms with Crippen LogP contribution in [0.3, 0.4) is 0 Å². The average molecular weight is 219 g/mol. The monoisotopic (exact) mass is 219 g/mol. The first-order valence-electron chi connectivity index (χ1n) is 5.26. The average Bonchev–Trinajstić information content (AvgIpc) is 2.05. The van der Waals surface area contributed by atoms with Gasteiger partial charge in [-0.2, -0.15) is 0 Å². The Morgan fingerprint density at radius 3 is 1.92 bits per heavy atom. The van der Waals surface area contributed by atoms with Gasteiger partial charge >= 0.3 is 0 Å². The molecule has 80 valence electrons. The van der Waals surface area contributed by atoms with Gasteiger partial charge in [0.05, 0.1) is 0 Å². The highest BCUT2D eigenvalue weighted by Crippen LogP contribution is 2.36. The molecule has 0 rings (SSSR count). The van der Waals surface area contributed by atoms with Gasteiger partial charge in [-0.25, -0.2) is 0 Å². The lowest BCUT2D eigenvalue weighted by Gasteiger charge is -2.38. The van der Waals surface area contributed by atoms with Crippen molar-refractivity contribution in [2.24, 2.45) is 5.73 Å². The minimum atomic E-state index is -1.46. The van der Waals surface area contributed by atoms with E-state index in [1.807, 2.05) is 0 Å². The molecule has 13 heavy (non-hydrogen) atoms. The molecule has 0 amide bonds. The van der Waals surface area contributed by atoms with Gasteiger partial charge in [0.15, 0.2) is 8.32 Å². The summed E-state index contributed by atoms with van der Waals surface area (Å²) in [6.45, 7) is 10.0. The molecule has 0 fully saturated rings. The standard InChI is InChI=1S/C9H25NOSi2/c1-8(2)13(11-12,9(3)4)7-5-6-10/h8-9H,5-7,10H2,1-4,12H3. The summed E-state index contributed by atoms with van der Waals surface area (Å²) in [4.78, 5) is 0. The van der Waals surface area contributed by atoms with Crippen LogP contribution in [0.5, 0.6) is 0 Å². The van der Waals surface area contributed by atoms with Crippen molar-refractivity contribution in [1.82, 2.24) is 0 Å². The Bertz CT molecular complexity index is 132. The maximum absolute atomic E-state index is 5.99. The van der Waals surface area contributed by atoms with Crippen LogP contribution in [0.1, 0.15) is 34.1 Å². The van der Waals surface area contributed by atoms with Gasteiger partial charge in [0.25, 0.3) is 0 Å². The largest absolute Gasteiger partial charge is 0.463 e. The summed E-state index contributed by atoms with van der Waals surface area (Å²) in [5.41, 5.74) is 7.01. The summed E-state index contributed by atoms with van der Waals surface area (Å²) in [5.74, 6) is 0. The van der Waals surface area contributed by atoms with Crippen LogP contribution < -0.4 is 5.73 Å². The normalized spacial score (nSPS) is 13.2. The Morgan fingerprint density at radius 2 is 1.69 bits per heavy atom. The van der Waals surface area contributed by atoms with Gasteiger partial charge in [0.1, 0.15) is 10.5 Å². The second-order valence-electron chi connectivity index (χ2n) is 4.36. The molecule has 0 aromatic rings. The van der Waals surface area contributed by atoms with Gasteiger partial charge in [-0.05, 0) is 30.1 Å². The van der Waals surface area contributed by atoms with Crippen LogP contribution >= 0.6 is 0 Å². The van der Waals surface area contributed by atoms with E-state index in [1.54, 1.807) is 0 Å². The molecular weight excluding hydrogens is 194 g/mol. The number of rotatable bonds is 6. The van der Waals surface area contributed by atoms with E-state index >= 15 is 0 Å². The molecular formula is C9H25NOSi2. The molecule has 0 aromatic carbocycles. The predicted octanol–water partition coefficient (Wildman–Crippen LogP) is 1.40. The Kier molecular flexibility index (Phi) is 6.12. The van der Waals surface area contributed by atoms with Crippen molar-refractivity contribution >= 4 is 18.8 Å². The molecule has 0 aliphatic heterocycles. The predicted molar refractivity (Wildman–Crippen MR) is 65.5 cm³/mol. The van der Waals surface area contributed by atoms with E-state index in [9.17, 15) is 0 Å². The highest BCUT2D eigenvalue weighted by molar-refractivity contribution is 6.78. The first-order valence-corrected chi connectivity index (χ1v) is 8.35. The Hall–Kier alpha value is 0.354. The molecule has 4 heteroatoms. The first kappa shape index (κ1) is 13.4. The van der Waals surface area contributed by atoms with Crippen LogP contribution in [0.25, 0.3) is 0 Å². The second-order valence-corrected chi connectivity index (χ2v) is 10.7. The van der Waals surface area contributed by atoms with Gasteiger partial charge < -0.3 is 9.85 Å². The smallest absolute Gasteiger partial charge is 0.184 e. The third-order valence-corrected chi connectivity index (χ3v) is 11.2. The molecule has 0 bridgehead atoms. The Balaban J connectivity index is 4.45. The van der Waals surface area contributed by atoms with Crippen molar-refractivity contribution in [3.05, 3.63) is 0 Å². The third-order valence-electron chi connectivity index (χ3n) is 3.11. The molecule has 0 saturated carbocycles. The van der Waals surface area contributed by atoms with Crippen LogP contribution in [-0.4, -0.2) is 25.3 Å². The van der Waals surface area contributed by atoms with Crippen molar-refractivity contribution in [3.8, 4) is 0 Å². The van der Waals surface area contributed by atoms with Crippen molar-refractivity contribution in [2.45, 2.75) is 51.2 Å². The fourth-order valence-corrected chi connectivity index (χ4v) is 10.0. The molecule has 0 heterocycles. The maximum atomic E-state index is 5.99.